The number of nitrogens with two attached hydrogens (primary N) is 1. The zero-order chi connectivity index (χ0) is 14.9. The van der Waals surface area contributed by atoms with Gasteiger partial charge in [-0.15, -0.1) is 0 Å². The molecule has 0 atom stereocenters. The zero-order valence-electron chi connectivity index (χ0n) is 10.4. The van der Waals surface area contributed by atoms with Crippen molar-refractivity contribution in [3.63, 3.8) is 0 Å². The van der Waals surface area contributed by atoms with Gasteiger partial charge in [0.15, 0.2) is 15.6 Å². The van der Waals surface area contributed by atoms with E-state index in [-0.39, 0.29) is 10.6 Å². The zero-order valence-corrected chi connectivity index (χ0v) is 13.4. The van der Waals surface area contributed by atoms with Crippen LogP contribution in [0.4, 0.5) is 10.1 Å². The maximum atomic E-state index is 13.5. The van der Waals surface area contributed by atoms with E-state index < -0.39 is 15.7 Å². The largest absolute Gasteiger partial charge is 0.455 e. The molecule has 0 aliphatic carbocycles. The van der Waals surface area contributed by atoms with E-state index in [9.17, 15) is 12.8 Å². The topological polar surface area (TPSA) is 69.4 Å². The molecule has 7 heteroatoms. The summed E-state index contributed by atoms with van der Waals surface area (Å²) in [6, 6.07) is 8.49. The Kier molecular flexibility index (Phi) is 4.19. The van der Waals surface area contributed by atoms with Gasteiger partial charge in [-0.1, -0.05) is 0 Å². The Balaban J connectivity index is 2.29. The van der Waals surface area contributed by atoms with Gasteiger partial charge < -0.3 is 10.5 Å². The molecule has 0 aromatic heterocycles. The van der Waals surface area contributed by atoms with Crippen molar-refractivity contribution in [2.24, 2.45) is 0 Å². The van der Waals surface area contributed by atoms with Gasteiger partial charge in [-0.05, 0) is 52.9 Å². The fourth-order valence-corrected chi connectivity index (χ4v) is 2.64. The van der Waals surface area contributed by atoms with Crippen molar-refractivity contribution in [1.82, 2.24) is 0 Å². The van der Waals surface area contributed by atoms with Gasteiger partial charge in [0.1, 0.15) is 11.6 Å². The summed E-state index contributed by atoms with van der Waals surface area (Å²) in [6.07, 6.45) is 1.12. The highest BCUT2D eigenvalue weighted by Crippen LogP contribution is 2.30. The summed E-state index contributed by atoms with van der Waals surface area (Å²) in [5.74, 6) is 0.141. The molecule has 0 aliphatic heterocycles. The van der Waals surface area contributed by atoms with E-state index >= 15 is 0 Å². The van der Waals surface area contributed by atoms with Crippen LogP contribution in [0.3, 0.4) is 0 Å². The van der Waals surface area contributed by atoms with Gasteiger partial charge >= 0.3 is 0 Å². The first-order valence-corrected chi connectivity index (χ1v) is 8.47. The standard InChI is InChI=1S/C13H11FINO3S/c1-20(17,18)9-4-2-8(3-5-9)19-13-6-10(14)11(15)7-12(13)16/h2-7H,16H2,1H3. The normalized spacial score (nSPS) is 11.3. The maximum absolute atomic E-state index is 13.5. The van der Waals surface area contributed by atoms with E-state index in [0.29, 0.717) is 15.0 Å². The fraction of sp³-hybridized carbons (Fsp3) is 0.0769. The minimum atomic E-state index is -3.25. The van der Waals surface area contributed by atoms with Crippen molar-refractivity contribution in [3.8, 4) is 11.5 Å². The quantitative estimate of drug-likeness (QED) is 0.627. The second-order valence-electron chi connectivity index (χ2n) is 4.15. The van der Waals surface area contributed by atoms with E-state index in [1.807, 2.05) is 22.6 Å². The molecule has 0 fully saturated rings. The minimum Gasteiger partial charge on any atom is -0.455 e. The molecule has 0 unspecified atom stereocenters. The lowest BCUT2D eigenvalue weighted by Gasteiger charge is -2.09. The average Bonchev–Trinajstić information content (AvgIpc) is 2.35. The number of hydrogen-bond acceptors (Lipinski definition) is 4. The Bertz CT molecular complexity index is 745. The molecule has 4 nitrogen and oxygen atoms in total. The van der Waals surface area contributed by atoms with Crippen LogP contribution in [-0.2, 0) is 9.84 Å². The lowest BCUT2D eigenvalue weighted by atomic mass is 10.3. The van der Waals surface area contributed by atoms with E-state index in [1.165, 1.54) is 36.4 Å². The predicted octanol–water partition coefficient (Wildman–Crippen LogP) is 3.21. The van der Waals surface area contributed by atoms with E-state index in [4.69, 9.17) is 10.5 Å². The Morgan fingerprint density at radius 2 is 1.80 bits per heavy atom. The van der Waals surface area contributed by atoms with Crippen LogP contribution in [0.15, 0.2) is 41.3 Å². The van der Waals surface area contributed by atoms with Crippen LogP contribution in [0.2, 0.25) is 0 Å². The van der Waals surface area contributed by atoms with Crippen molar-refractivity contribution in [2.45, 2.75) is 4.90 Å². The number of benzene rings is 2. The van der Waals surface area contributed by atoms with Crippen LogP contribution in [-0.4, -0.2) is 14.7 Å². The number of anilines is 1. The Morgan fingerprint density at radius 1 is 1.20 bits per heavy atom. The number of rotatable bonds is 3. The molecule has 0 saturated heterocycles. The summed E-state index contributed by atoms with van der Waals surface area (Å²) in [5, 5.41) is 0. The highest BCUT2D eigenvalue weighted by atomic mass is 127. The van der Waals surface area contributed by atoms with Crippen molar-refractivity contribution in [1.29, 1.82) is 0 Å². The average molecular weight is 407 g/mol. The molecule has 0 saturated carbocycles. The molecular weight excluding hydrogens is 396 g/mol. The molecule has 2 N–H and O–H groups in total. The summed E-state index contributed by atoms with van der Waals surface area (Å²) < 4.78 is 42.0. The number of ether oxygens (including phenoxy) is 1. The molecule has 0 aliphatic rings. The monoisotopic (exact) mass is 407 g/mol. The highest BCUT2D eigenvalue weighted by Gasteiger charge is 2.10. The Morgan fingerprint density at radius 3 is 2.35 bits per heavy atom. The molecule has 2 rings (SSSR count). The fourth-order valence-electron chi connectivity index (χ4n) is 1.51. The smallest absolute Gasteiger partial charge is 0.175 e. The van der Waals surface area contributed by atoms with Crippen molar-refractivity contribution >= 4 is 38.1 Å². The van der Waals surface area contributed by atoms with Crippen LogP contribution in [0.5, 0.6) is 11.5 Å². The van der Waals surface area contributed by atoms with E-state index in [1.54, 1.807) is 0 Å². The number of nitrogen functional groups attached to an aromatic ring is 1. The van der Waals surface area contributed by atoms with Crippen molar-refractivity contribution < 1.29 is 17.5 Å². The summed E-state index contributed by atoms with van der Waals surface area (Å²) in [5.41, 5.74) is 6.05. The molecular formula is C13H11FINO3S. The van der Waals surface area contributed by atoms with Gasteiger partial charge in [0, 0.05) is 12.3 Å². The van der Waals surface area contributed by atoms with Gasteiger partial charge in [-0.2, -0.15) is 0 Å². The Labute approximate surface area is 129 Å². The highest BCUT2D eigenvalue weighted by molar-refractivity contribution is 14.1. The first-order chi connectivity index (χ1) is 9.27. The number of halogens is 2. The van der Waals surface area contributed by atoms with Gasteiger partial charge in [0.05, 0.1) is 14.2 Å². The molecule has 2 aromatic carbocycles. The Hall–Kier alpha value is -1.35. The van der Waals surface area contributed by atoms with Gasteiger partial charge in [0.25, 0.3) is 0 Å². The lowest BCUT2D eigenvalue weighted by Crippen LogP contribution is -1.97. The third kappa shape index (κ3) is 3.40. The second kappa shape index (κ2) is 5.57. The molecule has 20 heavy (non-hydrogen) atoms. The summed E-state index contributed by atoms with van der Waals surface area (Å²) >= 11 is 1.83. The third-order valence-corrected chi connectivity index (χ3v) is 4.49. The summed E-state index contributed by atoms with van der Waals surface area (Å²) in [4.78, 5) is 0.187. The van der Waals surface area contributed by atoms with Gasteiger partial charge in [-0.25, -0.2) is 12.8 Å². The van der Waals surface area contributed by atoms with Crippen LogP contribution in [0, 0.1) is 9.39 Å². The minimum absolute atomic E-state index is 0.187. The third-order valence-electron chi connectivity index (χ3n) is 2.53. The summed E-state index contributed by atoms with van der Waals surface area (Å²) in [6.45, 7) is 0. The molecule has 0 amide bonds. The van der Waals surface area contributed by atoms with Crippen molar-refractivity contribution in [3.05, 3.63) is 45.8 Å². The van der Waals surface area contributed by atoms with Crippen LogP contribution >= 0.6 is 22.6 Å². The van der Waals surface area contributed by atoms with Crippen LogP contribution < -0.4 is 10.5 Å². The molecule has 0 bridgehead atoms. The van der Waals surface area contributed by atoms with Crippen LogP contribution in [0.25, 0.3) is 0 Å². The van der Waals surface area contributed by atoms with Gasteiger partial charge in [0.2, 0.25) is 0 Å². The van der Waals surface area contributed by atoms with Crippen molar-refractivity contribution in [2.75, 3.05) is 12.0 Å². The van der Waals surface area contributed by atoms with E-state index in [0.717, 1.165) is 6.26 Å². The molecule has 106 valence electrons. The SMILES string of the molecule is CS(=O)(=O)c1ccc(Oc2cc(F)c(I)cc2N)cc1. The summed E-state index contributed by atoms with van der Waals surface area (Å²) in [7, 11) is -3.25. The molecule has 0 spiro atoms. The lowest BCUT2D eigenvalue weighted by molar-refractivity contribution is 0.478. The first-order valence-electron chi connectivity index (χ1n) is 5.50. The predicted molar refractivity (Wildman–Crippen MR) is 83.2 cm³/mol. The van der Waals surface area contributed by atoms with Crippen LogP contribution in [0.1, 0.15) is 0 Å². The number of hydrogen-bond donors (Lipinski definition) is 1. The van der Waals surface area contributed by atoms with Gasteiger partial charge in [-0.3, -0.25) is 0 Å². The number of sulfone groups is 1. The molecule has 0 radical (unpaired) electrons. The first kappa shape index (κ1) is 15.0. The molecule has 0 heterocycles. The maximum Gasteiger partial charge on any atom is 0.175 e. The molecule has 2 aromatic rings. The second-order valence-corrected chi connectivity index (χ2v) is 7.33. The van der Waals surface area contributed by atoms with E-state index in [2.05, 4.69) is 0 Å².